The molecule has 0 saturated heterocycles. The molecular weight excluding hydrogens is 301 g/mol. The smallest absolute Gasteiger partial charge is 0.409 e. The van der Waals surface area contributed by atoms with Crippen molar-refractivity contribution in [2.24, 2.45) is 0 Å². The molecule has 8 heteroatoms. The Morgan fingerprint density at radius 3 is 2.18 bits per heavy atom. The molecular formula is C14H9F3N2O3. The van der Waals surface area contributed by atoms with Gasteiger partial charge in [0.05, 0.1) is 5.69 Å². The number of halogens is 3. The van der Waals surface area contributed by atoms with Gasteiger partial charge < -0.3 is 10.4 Å². The predicted molar refractivity (Wildman–Crippen MR) is 72.4 cm³/mol. The van der Waals surface area contributed by atoms with E-state index < -0.39 is 29.5 Å². The van der Waals surface area contributed by atoms with Crippen molar-refractivity contribution in [2.45, 2.75) is 0 Å². The van der Waals surface area contributed by atoms with Gasteiger partial charge in [-0.15, -0.1) is 0 Å². The summed E-state index contributed by atoms with van der Waals surface area (Å²) in [7, 11) is 0. The van der Waals surface area contributed by atoms with Crippen LogP contribution in [0.3, 0.4) is 0 Å². The minimum atomic E-state index is -1.36. The second kappa shape index (κ2) is 6.17. The van der Waals surface area contributed by atoms with Gasteiger partial charge in [-0.25, -0.2) is 18.0 Å². The Kier molecular flexibility index (Phi) is 4.31. The van der Waals surface area contributed by atoms with E-state index in [0.717, 1.165) is 30.3 Å². The minimum Gasteiger partial charge on any atom is -0.465 e. The van der Waals surface area contributed by atoms with Gasteiger partial charge >= 0.3 is 6.09 Å². The molecule has 2 rings (SSSR count). The molecule has 5 nitrogen and oxygen atoms in total. The second-order valence-electron chi connectivity index (χ2n) is 4.21. The van der Waals surface area contributed by atoms with E-state index in [9.17, 15) is 22.8 Å². The van der Waals surface area contributed by atoms with Crippen LogP contribution in [0, 0.1) is 17.5 Å². The largest absolute Gasteiger partial charge is 0.465 e. The lowest BCUT2D eigenvalue weighted by Crippen LogP contribution is -2.14. The Labute approximate surface area is 122 Å². The van der Waals surface area contributed by atoms with Gasteiger partial charge in [0.2, 0.25) is 0 Å². The number of hydrogen-bond acceptors (Lipinski definition) is 2. The lowest BCUT2D eigenvalue weighted by atomic mass is 10.2. The molecule has 0 aliphatic rings. The predicted octanol–water partition coefficient (Wildman–Crippen LogP) is 3.45. The van der Waals surface area contributed by atoms with Crippen molar-refractivity contribution < 1.29 is 27.9 Å². The maximum Gasteiger partial charge on any atom is 0.409 e. The summed E-state index contributed by atoms with van der Waals surface area (Å²) in [6.07, 6.45) is -1.36. The van der Waals surface area contributed by atoms with E-state index in [0.29, 0.717) is 6.07 Å². The molecule has 0 saturated carbocycles. The quantitative estimate of drug-likeness (QED) is 0.812. The third kappa shape index (κ3) is 3.54. The van der Waals surface area contributed by atoms with E-state index in [2.05, 4.69) is 5.32 Å². The highest BCUT2D eigenvalue weighted by Crippen LogP contribution is 2.21. The molecule has 2 aromatic rings. The topological polar surface area (TPSA) is 78.4 Å². The highest BCUT2D eigenvalue weighted by Gasteiger charge is 2.13. The maximum atomic E-state index is 13.6. The van der Waals surface area contributed by atoms with Gasteiger partial charge in [0.15, 0.2) is 11.6 Å². The van der Waals surface area contributed by atoms with Gasteiger partial charge in [-0.3, -0.25) is 10.1 Å². The molecule has 2 amide bonds. The van der Waals surface area contributed by atoms with Gasteiger partial charge in [-0.1, -0.05) is 0 Å². The van der Waals surface area contributed by atoms with Crippen molar-refractivity contribution in [2.75, 3.05) is 10.6 Å². The van der Waals surface area contributed by atoms with Crippen molar-refractivity contribution in [3.8, 4) is 0 Å². The lowest BCUT2D eigenvalue weighted by Gasteiger charge is -2.09. The number of carbonyl (C=O) groups excluding carboxylic acids is 1. The van der Waals surface area contributed by atoms with Crippen LogP contribution >= 0.6 is 0 Å². The number of amides is 2. The lowest BCUT2D eigenvalue weighted by molar-refractivity contribution is 0.102. The summed E-state index contributed by atoms with van der Waals surface area (Å²) in [6.45, 7) is 0. The highest BCUT2D eigenvalue weighted by molar-refractivity contribution is 6.04. The van der Waals surface area contributed by atoms with E-state index in [1.807, 2.05) is 5.32 Å². The Balaban J connectivity index is 2.23. The van der Waals surface area contributed by atoms with Crippen molar-refractivity contribution in [1.29, 1.82) is 0 Å². The van der Waals surface area contributed by atoms with Crippen LogP contribution in [0.1, 0.15) is 10.4 Å². The summed E-state index contributed by atoms with van der Waals surface area (Å²) in [4.78, 5) is 22.4. The van der Waals surface area contributed by atoms with Crippen LogP contribution in [0.25, 0.3) is 0 Å². The molecule has 0 atom stereocenters. The third-order valence-corrected chi connectivity index (χ3v) is 2.65. The summed E-state index contributed by atoms with van der Waals surface area (Å²) in [5.41, 5.74) is -0.481. The summed E-state index contributed by atoms with van der Waals surface area (Å²) in [5.74, 6) is -4.01. The average molecular weight is 310 g/mol. The third-order valence-electron chi connectivity index (χ3n) is 2.65. The van der Waals surface area contributed by atoms with Crippen LogP contribution in [0.4, 0.5) is 29.3 Å². The van der Waals surface area contributed by atoms with Crippen LogP contribution in [-0.4, -0.2) is 17.1 Å². The SMILES string of the molecule is O=C(O)Nc1ccc(F)c(NC(=O)c2ccc(F)c(F)c2)c1. The van der Waals surface area contributed by atoms with Gasteiger partial charge in [0.1, 0.15) is 5.82 Å². The van der Waals surface area contributed by atoms with Gasteiger partial charge in [-0.05, 0) is 36.4 Å². The summed E-state index contributed by atoms with van der Waals surface area (Å²) in [6, 6.07) is 5.64. The molecule has 0 aromatic heterocycles. The molecule has 3 N–H and O–H groups in total. The molecule has 0 radical (unpaired) electrons. The molecule has 0 bridgehead atoms. The normalized spacial score (nSPS) is 10.1. The Bertz CT molecular complexity index is 750. The first-order valence-corrected chi connectivity index (χ1v) is 5.92. The molecule has 22 heavy (non-hydrogen) atoms. The van der Waals surface area contributed by atoms with Crippen molar-refractivity contribution in [3.63, 3.8) is 0 Å². The first-order chi connectivity index (χ1) is 10.4. The summed E-state index contributed by atoms with van der Waals surface area (Å²) < 4.78 is 39.5. The standard InChI is InChI=1S/C14H9F3N2O3/c15-9-3-1-7(5-11(9)17)13(20)19-12-6-8(18-14(21)22)2-4-10(12)16/h1-6,18H,(H,19,20)(H,21,22). The average Bonchev–Trinajstić information content (AvgIpc) is 2.45. The Morgan fingerprint density at radius 1 is 0.864 bits per heavy atom. The fourth-order valence-corrected chi connectivity index (χ4v) is 1.65. The van der Waals surface area contributed by atoms with E-state index in [-0.39, 0.29) is 16.9 Å². The zero-order valence-corrected chi connectivity index (χ0v) is 10.9. The first kappa shape index (κ1) is 15.4. The van der Waals surface area contributed by atoms with Crippen LogP contribution in [0.15, 0.2) is 36.4 Å². The highest BCUT2D eigenvalue weighted by atomic mass is 19.2. The summed E-state index contributed by atoms with van der Waals surface area (Å²) in [5, 5.41) is 12.7. The fourth-order valence-electron chi connectivity index (χ4n) is 1.65. The van der Waals surface area contributed by atoms with Gasteiger partial charge in [-0.2, -0.15) is 0 Å². The molecule has 0 spiro atoms. The number of nitrogens with one attached hydrogen (secondary N) is 2. The Morgan fingerprint density at radius 2 is 1.55 bits per heavy atom. The maximum absolute atomic E-state index is 13.6. The molecule has 0 aliphatic carbocycles. The second-order valence-corrected chi connectivity index (χ2v) is 4.21. The molecule has 0 heterocycles. The fraction of sp³-hybridized carbons (Fsp3) is 0. The van der Waals surface area contributed by atoms with Gasteiger partial charge in [0.25, 0.3) is 5.91 Å². The molecule has 0 unspecified atom stereocenters. The van der Waals surface area contributed by atoms with Crippen LogP contribution in [-0.2, 0) is 0 Å². The van der Waals surface area contributed by atoms with Crippen LogP contribution in [0.2, 0.25) is 0 Å². The zero-order chi connectivity index (χ0) is 16.3. The number of carboxylic acid groups (broad SMARTS) is 1. The molecule has 2 aromatic carbocycles. The first-order valence-electron chi connectivity index (χ1n) is 5.92. The zero-order valence-electron chi connectivity index (χ0n) is 10.9. The van der Waals surface area contributed by atoms with Gasteiger partial charge in [0, 0.05) is 11.3 Å². The Hall–Kier alpha value is -3.03. The number of anilines is 2. The van der Waals surface area contributed by atoms with Crippen molar-refractivity contribution in [3.05, 3.63) is 59.4 Å². The minimum absolute atomic E-state index is 0.0366. The van der Waals surface area contributed by atoms with E-state index in [1.165, 1.54) is 0 Å². The summed E-state index contributed by atoms with van der Waals surface area (Å²) >= 11 is 0. The molecule has 0 aliphatic heterocycles. The number of carbonyl (C=O) groups is 2. The monoisotopic (exact) mass is 310 g/mol. The van der Waals surface area contributed by atoms with Crippen LogP contribution in [0.5, 0.6) is 0 Å². The van der Waals surface area contributed by atoms with Crippen molar-refractivity contribution >= 4 is 23.4 Å². The number of hydrogen-bond donors (Lipinski definition) is 3. The molecule has 114 valence electrons. The van der Waals surface area contributed by atoms with Crippen molar-refractivity contribution in [1.82, 2.24) is 0 Å². The number of benzene rings is 2. The van der Waals surface area contributed by atoms with E-state index in [4.69, 9.17) is 5.11 Å². The van der Waals surface area contributed by atoms with Crippen LogP contribution < -0.4 is 10.6 Å². The van der Waals surface area contributed by atoms with E-state index in [1.54, 1.807) is 0 Å². The molecule has 0 fully saturated rings. The van der Waals surface area contributed by atoms with E-state index >= 15 is 0 Å². The number of rotatable bonds is 3.